The van der Waals surface area contributed by atoms with Gasteiger partial charge in [-0.1, -0.05) is 0 Å². The number of aromatic nitrogens is 2. The van der Waals surface area contributed by atoms with Crippen LogP contribution in [0.15, 0.2) is 29.1 Å². The van der Waals surface area contributed by atoms with Crippen molar-refractivity contribution in [3.05, 3.63) is 41.9 Å². The van der Waals surface area contributed by atoms with Crippen LogP contribution in [0, 0.1) is 0 Å². The molecule has 5 nitrogen and oxygen atoms in total. The molecule has 2 aromatic heterocycles. The molecule has 0 amide bonds. The lowest BCUT2D eigenvalue weighted by molar-refractivity contribution is 0.435. The molecule has 18 heavy (non-hydrogen) atoms. The molecule has 0 saturated carbocycles. The van der Waals surface area contributed by atoms with Crippen LogP contribution < -0.4 is 10.6 Å². The number of H-pyrrole nitrogens is 1. The Balaban J connectivity index is 1.40. The molecular weight excluding hydrogens is 228 g/mol. The minimum Gasteiger partial charge on any atom is -0.469 e. The first kappa shape index (κ1) is 11.5. The zero-order valence-corrected chi connectivity index (χ0v) is 10.3. The highest BCUT2D eigenvalue weighted by molar-refractivity contribution is 5.15. The van der Waals surface area contributed by atoms with E-state index in [0.717, 1.165) is 38.2 Å². The maximum absolute atomic E-state index is 5.29. The lowest BCUT2D eigenvalue weighted by Crippen LogP contribution is -2.43. The summed E-state index contributed by atoms with van der Waals surface area (Å²) in [6.45, 7) is 2.80. The van der Waals surface area contributed by atoms with Crippen molar-refractivity contribution in [2.45, 2.75) is 25.4 Å². The van der Waals surface area contributed by atoms with Crippen LogP contribution in [0.2, 0.25) is 0 Å². The van der Waals surface area contributed by atoms with E-state index in [2.05, 4.69) is 20.6 Å². The molecule has 3 heterocycles. The molecule has 2 aromatic rings. The fraction of sp³-hybridized carbons (Fsp3) is 0.462. The monoisotopic (exact) mass is 246 g/mol. The highest BCUT2D eigenvalue weighted by atomic mass is 16.3. The van der Waals surface area contributed by atoms with Gasteiger partial charge < -0.3 is 20.0 Å². The van der Waals surface area contributed by atoms with Crippen molar-refractivity contribution in [3.63, 3.8) is 0 Å². The molecule has 0 aliphatic carbocycles. The van der Waals surface area contributed by atoms with Crippen LogP contribution >= 0.6 is 0 Å². The largest absolute Gasteiger partial charge is 0.469 e. The van der Waals surface area contributed by atoms with Gasteiger partial charge in [0.25, 0.3) is 0 Å². The molecule has 1 aliphatic rings. The normalized spacial score (nSPS) is 18.8. The average Bonchev–Trinajstić information content (AvgIpc) is 3.05. The van der Waals surface area contributed by atoms with Crippen molar-refractivity contribution in [1.82, 2.24) is 20.6 Å². The van der Waals surface area contributed by atoms with Crippen molar-refractivity contribution >= 4 is 0 Å². The zero-order chi connectivity index (χ0) is 12.2. The lowest BCUT2D eigenvalue weighted by Gasteiger charge is -2.23. The summed E-state index contributed by atoms with van der Waals surface area (Å²) in [5, 5.41) is 6.95. The van der Waals surface area contributed by atoms with Gasteiger partial charge in [0.1, 0.15) is 5.76 Å². The van der Waals surface area contributed by atoms with Gasteiger partial charge in [-0.25, -0.2) is 4.98 Å². The van der Waals surface area contributed by atoms with E-state index in [1.807, 2.05) is 12.1 Å². The second-order valence-corrected chi connectivity index (χ2v) is 4.64. The van der Waals surface area contributed by atoms with E-state index in [-0.39, 0.29) is 0 Å². The Morgan fingerprint density at radius 3 is 3.39 bits per heavy atom. The van der Waals surface area contributed by atoms with Crippen molar-refractivity contribution < 1.29 is 4.42 Å². The first-order valence-corrected chi connectivity index (χ1v) is 6.39. The van der Waals surface area contributed by atoms with Crippen LogP contribution in [0.1, 0.15) is 17.1 Å². The third-order valence-corrected chi connectivity index (χ3v) is 3.33. The van der Waals surface area contributed by atoms with E-state index >= 15 is 0 Å². The summed E-state index contributed by atoms with van der Waals surface area (Å²) in [6.07, 6.45) is 5.43. The maximum atomic E-state index is 5.29. The number of hydrogen-bond donors (Lipinski definition) is 3. The minimum atomic E-state index is 0.470. The summed E-state index contributed by atoms with van der Waals surface area (Å²) >= 11 is 0. The molecule has 0 radical (unpaired) electrons. The molecule has 0 saturated heterocycles. The molecule has 3 N–H and O–H groups in total. The predicted octanol–water partition coefficient (Wildman–Crippen LogP) is 0.849. The number of furan rings is 1. The maximum Gasteiger partial charge on any atom is 0.105 e. The summed E-state index contributed by atoms with van der Waals surface area (Å²) in [5.74, 6) is 1.04. The van der Waals surface area contributed by atoms with Crippen LogP contribution in [0.3, 0.4) is 0 Å². The van der Waals surface area contributed by atoms with E-state index in [1.54, 1.807) is 12.6 Å². The highest BCUT2D eigenvalue weighted by Crippen LogP contribution is 2.11. The average molecular weight is 246 g/mol. The van der Waals surface area contributed by atoms with E-state index in [0.29, 0.717) is 6.04 Å². The molecular formula is C13H18N4O. The number of fused-ring (bicyclic) bond motifs is 1. The number of nitrogens with one attached hydrogen (secondary N) is 3. The first-order chi connectivity index (χ1) is 8.92. The Labute approximate surface area is 106 Å². The molecule has 96 valence electrons. The van der Waals surface area contributed by atoms with E-state index in [9.17, 15) is 0 Å². The molecule has 1 atom stereocenters. The predicted molar refractivity (Wildman–Crippen MR) is 68.2 cm³/mol. The van der Waals surface area contributed by atoms with Crippen molar-refractivity contribution in [2.75, 3.05) is 13.1 Å². The second kappa shape index (κ2) is 5.37. The second-order valence-electron chi connectivity index (χ2n) is 4.64. The van der Waals surface area contributed by atoms with Gasteiger partial charge in [0.15, 0.2) is 0 Å². The lowest BCUT2D eigenvalue weighted by atomic mass is 10.1. The van der Waals surface area contributed by atoms with Crippen LogP contribution in [0.25, 0.3) is 0 Å². The number of rotatable bonds is 5. The Morgan fingerprint density at radius 1 is 1.50 bits per heavy atom. The molecule has 0 bridgehead atoms. The third kappa shape index (κ3) is 2.63. The summed E-state index contributed by atoms with van der Waals surface area (Å²) in [6, 6.07) is 4.41. The van der Waals surface area contributed by atoms with Crippen LogP contribution in [-0.2, 0) is 19.4 Å². The summed E-state index contributed by atoms with van der Waals surface area (Å²) in [4.78, 5) is 7.50. The molecule has 3 rings (SSSR count). The Morgan fingerprint density at radius 2 is 2.50 bits per heavy atom. The molecule has 0 fully saturated rings. The van der Waals surface area contributed by atoms with Gasteiger partial charge >= 0.3 is 0 Å². The minimum absolute atomic E-state index is 0.470. The van der Waals surface area contributed by atoms with Gasteiger partial charge in [-0.05, 0) is 12.1 Å². The summed E-state index contributed by atoms with van der Waals surface area (Å²) < 4.78 is 5.29. The fourth-order valence-corrected chi connectivity index (χ4v) is 2.32. The molecule has 1 unspecified atom stereocenters. The SMILES string of the molecule is c1coc(CCNCC2Cc3nc[nH]c3CN2)c1. The van der Waals surface area contributed by atoms with E-state index < -0.39 is 0 Å². The van der Waals surface area contributed by atoms with Gasteiger partial charge in [-0.15, -0.1) is 0 Å². The quantitative estimate of drug-likeness (QED) is 0.684. The Hall–Kier alpha value is -1.59. The fourth-order valence-electron chi connectivity index (χ4n) is 2.32. The number of aromatic amines is 1. The molecule has 0 spiro atoms. The smallest absolute Gasteiger partial charge is 0.105 e. The summed E-state index contributed by atoms with van der Waals surface area (Å²) in [5.41, 5.74) is 2.42. The Kier molecular flexibility index (Phi) is 3.43. The van der Waals surface area contributed by atoms with Gasteiger partial charge in [0.05, 0.1) is 24.0 Å². The van der Waals surface area contributed by atoms with Crippen LogP contribution in [0.4, 0.5) is 0 Å². The number of imidazole rings is 1. The van der Waals surface area contributed by atoms with Crippen molar-refractivity contribution in [2.24, 2.45) is 0 Å². The topological polar surface area (TPSA) is 65.9 Å². The van der Waals surface area contributed by atoms with Crippen LogP contribution in [0.5, 0.6) is 0 Å². The first-order valence-electron chi connectivity index (χ1n) is 6.39. The van der Waals surface area contributed by atoms with E-state index in [4.69, 9.17) is 4.42 Å². The van der Waals surface area contributed by atoms with Gasteiger partial charge in [0.2, 0.25) is 0 Å². The van der Waals surface area contributed by atoms with Crippen molar-refractivity contribution in [3.8, 4) is 0 Å². The Bertz CT molecular complexity index is 477. The van der Waals surface area contributed by atoms with E-state index in [1.165, 1.54) is 11.4 Å². The third-order valence-electron chi connectivity index (χ3n) is 3.33. The standard InChI is InChI=1S/C13H18N4O/c1-2-11(18-5-1)3-4-14-7-10-6-12-13(8-15-10)17-9-16-12/h1-2,5,9-10,14-15H,3-4,6-8H2,(H,16,17). The number of hydrogen-bond acceptors (Lipinski definition) is 4. The van der Waals surface area contributed by atoms with Gasteiger partial charge in [-0.3, -0.25) is 0 Å². The van der Waals surface area contributed by atoms with Crippen molar-refractivity contribution in [1.29, 1.82) is 0 Å². The summed E-state index contributed by atoms with van der Waals surface area (Å²) in [7, 11) is 0. The van der Waals surface area contributed by atoms with Gasteiger partial charge in [0, 0.05) is 38.5 Å². The zero-order valence-electron chi connectivity index (χ0n) is 10.3. The van der Waals surface area contributed by atoms with Gasteiger partial charge in [-0.2, -0.15) is 0 Å². The molecule has 0 aromatic carbocycles. The molecule has 5 heteroatoms. The highest BCUT2D eigenvalue weighted by Gasteiger charge is 2.19. The molecule has 1 aliphatic heterocycles. The van der Waals surface area contributed by atoms with Crippen LogP contribution in [-0.4, -0.2) is 29.1 Å². The number of nitrogens with zero attached hydrogens (tertiary/aromatic N) is 1.